The second kappa shape index (κ2) is 7.18. The molecule has 30 heavy (non-hydrogen) atoms. The van der Waals surface area contributed by atoms with Crippen molar-refractivity contribution < 1.29 is 4.79 Å². The summed E-state index contributed by atoms with van der Waals surface area (Å²) in [5.74, 6) is 3.22. The maximum atomic E-state index is 12.9. The summed E-state index contributed by atoms with van der Waals surface area (Å²) in [6.07, 6.45) is 4.48. The molecule has 158 valence electrons. The van der Waals surface area contributed by atoms with E-state index in [1.807, 2.05) is 30.7 Å². The van der Waals surface area contributed by atoms with Gasteiger partial charge in [0, 0.05) is 31.1 Å². The molecule has 2 bridgehead atoms. The van der Waals surface area contributed by atoms with Gasteiger partial charge in [-0.05, 0) is 62.6 Å². The molecule has 0 radical (unpaired) electrons. The van der Waals surface area contributed by atoms with Crippen molar-refractivity contribution >= 4 is 11.6 Å². The molecule has 0 N–H and O–H groups in total. The van der Waals surface area contributed by atoms with Gasteiger partial charge in [-0.3, -0.25) is 4.79 Å². The molecule has 1 amide bonds. The van der Waals surface area contributed by atoms with Crippen LogP contribution in [0.15, 0.2) is 12.1 Å². The van der Waals surface area contributed by atoms with Crippen LogP contribution in [0.3, 0.4) is 0 Å². The average Bonchev–Trinajstić information content (AvgIpc) is 3.48. The number of piperidine rings is 1. The van der Waals surface area contributed by atoms with E-state index in [0.717, 1.165) is 47.2 Å². The van der Waals surface area contributed by atoms with E-state index >= 15 is 0 Å². The van der Waals surface area contributed by atoms with Gasteiger partial charge in [0.1, 0.15) is 0 Å². The van der Waals surface area contributed by atoms with Crippen LogP contribution in [0.1, 0.15) is 55.9 Å². The third kappa shape index (κ3) is 2.92. The van der Waals surface area contributed by atoms with E-state index in [2.05, 4.69) is 28.9 Å². The van der Waals surface area contributed by atoms with Crippen molar-refractivity contribution in [3.8, 4) is 5.82 Å². The van der Waals surface area contributed by atoms with E-state index < -0.39 is 0 Å². The van der Waals surface area contributed by atoms with Crippen molar-refractivity contribution in [3.63, 3.8) is 0 Å². The van der Waals surface area contributed by atoms with E-state index in [-0.39, 0.29) is 5.91 Å². The quantitative estimate of drug-likeness (QED) is 0.650. The van der Waals surface area contributed by atoms with E-state index in [4.69, 9.17) is 10.2 Å². The lowest BCUT2D eigenvalue weighted by molar-refractivity contribution is -0.133. The molecule has 2 aliphatic rings. The summed E-state index contributed by atoms with van der Waals surface area (Å²) in [7, 11) is 0. The SMILES string of the molecule is CCc1nnc2ccc(-n3nc(C)c(CCC(=O)N4CC5CCC4[C@@H]5C)c3C)nn12. The summed E-state index contributed by atoms with van der Waals surface area (Å²) in [6, 6.07) is 4.29. The van der Waals surface area contributed by atoms with Gasteiger partial charge in [-0.25, -0.2) is 4.68 Å². The number of aryl methyl sites for hydroxylation is 2. The monoisotopic (exact) mass is 407 g/mol. The first-order valence-corrected chi connectivity index (χ1v) is 11.0. The van der Waals surface area contributed by atoms with E-state index in [0.29, 0.717) is 30.7 Å². The van der Waals surface area contributed by atoms with Crippen molar-refractivity contribution in [2.45, 2.75) is 65.8 Å². The summed E-state index contributed by atoms with van der Waals surface area (Å²) in [6.45, 7) is 9.36. The molecular formula is C22H29N7O. The molecule has 4 heterocycles. The molecule has 0 aromatic carbocycles. The molecule has 1 saturated heterocycles. The Morgan fingerprint density at radius 3 is 2.70 bits per heavy atom. The van der Waals surface area contributed by atoms with Crippen molar-refractivity contribution in [2.75, 3.05) is 6.54 Å². The molecule has 8 heteroatoms. The van der Waals surface area contributed by atoms with Gasteiger partial charge in [-0.1, -0.05) is 13.8 Å². The first-order chi connectivity index (χ1) is 14.5. The van der Waals surface area contributed by atoms with E-state index in [1.54, 1.807) is 4.52 Å². The molecular weight excluding hydrogens is 378 g/mol. The summed E-state index contributed by atoms with van der Waals surface area (Å²) in [5, 5.41) is 17.8. The fourth-order valence-electron chi connectivity index (χ4n) is 5.39. The van der Waals surface area contributed by atoms with Crippen LogP contribution in [-0.4, -0.2) is 53.0 Å². The zero-order chi connectivity index (χ0) is 21.0. The van der Waals surface area contributed by atoms with Crippen LogP contribution in [0.4, 0.5) is 0 Å². The van der Waals surface area contributed by atoms with E-state index in [1.165, 1.54) is 12.8 Å². The zero-order valence-electron chi connectivity index (χ0n) is 18.2. The number of hydrogen-bond donors (Lipinski definition) is 0. The largest absolute Gasteiger partial charge is 0.339 e. The molecule has 1 aliphatic carbocycles. The summed E-state index contributed by atoms with van der Waals surface area (Å²) in [4.78, 5) is 15.1. The zero-order valence-corrected chi connectivity index (χ0v) is 18.2. The van der Waals surface area contributed by atoms with Crippen molar-refractivity contribution in [3.05, 3.63) is 34.9 Å². The minimum atomic E-state index is 0.289. The average molecular weight is 408 g/mol. The molecule has 1 saturated carbocycles. The maximum Gasteiger partial charge on any atom is 0.223 e. The number of rotatable bonds is 5. The smallest absolute Gasteiger partial charge is 0.223 e. The van der Waals surface area contributed by atoms with Gasteiger partial charge >= 0.3 is 0 Å². The Balaban J connectivity index is 1.36. The Labute approximate surface area is 176 Å². The molecule has 8 nitrogen and oxygen atoms in total. The van der Waals surface area contributed by atoms with Crippen molar-refractivity contribution in [2.24, 2.45) is 11.8 Å². The van der Waals surface area contributed by atoms with Gasteiger partial charge in [-0.2, -0.15) is 9.61 Å². The highest BCUT2D eigenvalue weighted by Gasteiger charge is 2.45. The van der Waals surface area contributed by atoms with Crippen LogP contribution >= 0.6 is 0 Å². The van der Waals surface area contributed by atoms with Gasteiger partial charge in [0.05, 0.1) is 5.69 Å². The van der Waals surface area contributed by atoms with Crippen LogP contribution < -0.4 is 0 Å². The molecule has 1 aliphatic heterocycles. The Morgan fingerprint density at radius 1 is 1.17 bits per heavy atom. The van der Waals surface area contributed by atoms with Crippen LogP contribution in [0.5, 0.6) is 0 Å². The standard InChI is InChI=1S/C22H29N7O/c1-5-19-23-24-20-9-10-21(26-29(19)20)28-15(4)17(14(3)25-28)7-11-22(30)27-12-16-6-8-18(27)13(16)2/h9-10,13,16,18H,5-8,11-12H2,1-4H3/t13-,16?,18?/m1/s1. The second-order valence-electron chi connectivity index (χ2n) is 8.80. The number of fused-ring (bicyclic) bond motifs is 3. The fraction of sp³-hybridized carbons (Fsp3) is 0.591. The number of aromatic nitrogens is 6. The number of carbonyl (C=O) groups excluding carboxylic acids is 1. The van der Waals surface area contributed by atoms with Crippen LogP contribution in [0.2, 0.25) is 0 Å². The summed E-state index contributed by atoms with van der Waals surface area (Å²) < 4.78 is 3.65. The topological polar surface area (TPSA) is 81.2 Å². The van der Waals surface area contributed by atoms with Crippen LogP contribution in [0, 0.1) is 25.7 Å². The number of amides is 1. The van der Waals surface area contributed by atoms with Crippen LogP contribution in [0.25, 0.3) is 11.5 Å². The Hall–Kier alpha value is -2.77. The normalized spacial score (nSPS) is 23.1. The van der Waals surface area contributed by atoms with E-state index in [9.17, 15) is 4.79 Å². The molecule has 3 aromatic heterocycles. The highest BCUT2D eigenvalue weighted by Crippen LogP contribution is 2.42. The lowest BCUT2D eigenvalue weighted by Gasteiger charge is -2.27. The lowest BCUT2D eigenvalue weighted by Crippen LogP contribution is -2.38. The highest BCUT2D eigenvalue weighted by atomic mass is 16.2. The fourth-order valence-corrected chi connectivity index (χ4v) is 5.39. The molecule has 2 fully saturated rings. The van der Waals surface area contributed by atoms with Gasteiger partial charge < -0.3 is 4.90 Å². The molecule has 2 unspecified atom stereocenters. The summed E-state index contributed by atoms with van der Waals surface area (Å²) in [5.41, 5.74) is 3.87. The first-order valence-electron chi connectivity index (χ1n) is 11.0. The molecule has 3 atom stereocenters. The van der Waals surface area contributed by atoms with Gasteiger partial charge in [-0.15, -0.1) is 15.3 Å². The number of nitrogens with zero attached hydrogens (tertiary/aromatic N) is 7. The molecule has 5 rings (SSSR count). The van der Waals surface area contributed by atoms with Gasteiger partial charge in [0.15, 0.2) is 17.3 Å². The third-order valence-electron chi connectivity index (χ3n) is 7.21. The number of hydrogen-bond acceptors (Lipinski definition) is 5. The predicted molar refractivity (Wildman–Crippen MR) is 112 cm³/mol. The first kappa shape index (κ1) is 19.2. The van der Waals surface area contributed by atoms with Gasteiger partial charge in [0.2, 0.25) is 5.91 Å². The Morgan fingerprint density at radius 2 is 2.00 bits per heavy atom. The van der Waals surface area contributed by atoms with Gasteiger partial charge in [0.25, 0.3) is 0 Å². The Kier molecular flexibility index (Phi) is 4.60. The number of carbonyl (C=O) groups is 1. The predicted octanol–water partition coefficient (Wildman–Crippen LogP) is 2.68. The Bertz CT molecular complexity index is 1110. The molecule has 0 spiro atoms. The maximum absolute atomic E-state index is 12.9. The summed E-state index contributed by atoms with van der Waals surface area (Å²) >= 11 is 0. The third-order valence-corrected chi connectivity index (χ3v) is 7.21. The minimum Gasteiger partial charge on any atom is -0.339 e. The minimum absolute atomic E-state index is 0.289. The van der Waals surface area contributed by atoms with Crippen molar-refractivity contribution in [1.29, 1.82) is 0 Å². The number of likely N-dealkylation sites (tertiary alicyclic amines) is 1. The second-order valence-corrected chi connectivity index (χ2v) is 8.80. The van der Waals surface area contributed by atoms with Crippen LogP contribution in [-0.2, 0) is 17.6 Å². The van der Waals surface area contributed by atoms with Crippen molar-refractivity contribution in [1.82, 2.24) is 34.5 Å². The molecule has 3 aromatic rings. The lowest BCUT2D eigenvalue weighted by atomic mass is 10.0. The highest BCUT2D eigenvalue weighted by molar-refractivity contribution is 5.77.